The lowest BCUT2D eigenvalue weighted by Crippen LogP contribution is -2.22. The molecule has 1 aromatic carbocycles. The molecule has 98 valence electrons. The van der Waals surface area contributed by atoms with Crippen molar-refractivity contribution in [1.82, 2.24) is 5.32 Å². The number of nitro groups is 1. The molecular formula is C12H15BrN2O2S. The van der Waals surface area contributed by atoms with Gasteiger partial charge in [-0.3, -0.25) is 10.1 Å². The highest BCUT2D eigenvalue weighted by Gasteiger charge is 2.15. The van der Waals surface area contributed by atoms with Crippen molar-refractivity contribution in [3.8, 4) is 0 Å². The Morgan fingerprint density at radius 1 is 1.50 bits per heavy atom. The Hall–Kier alpha value is -0.590. The molecule has 6 heteroatoms. The van der Waals surface area contributed by atoms with Gasteiger partial charge in [-0.1, -0.05) is 15.9 Å². The van der Waals surface area contributed by atoms with Crippen molar-refractivity contribution in [1.29, 1.82) is 0 Å². The second-order valence-corrected chi connectivity index (χ2v) is 6.50. The third-order valence-corrected chi connectivity index (χ3v) is 4.63. The summed E-state index contributed by atoms with van der Waals surface area (Å²) in [4.78, 5) is 10.4. The van der Waals surface area contributed by atoms with E-state index in [0.29, 0.717) is 6.54 Å². The topological polar surface area (TPSA) is 55.2 Å². The van der Waals surface area contributed by atoms with Gasteiger partial charge >= 0.3 is 0 Å². The summed E-state index contributed by atoms with van der Waals surface area (Å²) in [5, 5.41) is 14.1. The minimum Gasteiger partial charge on any atom is -0.312 e. The lowest BCUT2D eigenvalue weighted by Gasteiger charge is -2.10. The number of benzene rings is 1. The second-order valence-electron chi connectivity index (χ2n) is 4.44. The Balaban J connectivity index is 1.89. The number of nitrogens with zero attached hydrogens (tertiary/aromatic N) is 1. The van der Waals surface area contributed by atoms with Gasteiger partial charge in [-0.25, -0.2) is 0 Å². The van der Waals surface area contributed by atoms with Crippen molar-refractivity contribution in [3.05, 3.63) is 38.3 Å². The molecule has 4 nitrogen and oxygen atoms in total. The van der Waals surface area contributed by atoms with E-state index in [1.54, 1.807) is 6.07 Å². The summed E-state index contributed by atoms with van der Waals surface area (Å²) >= 11 is 5.30. The lowest BCUT2D eigenvalue weighted by atomic mass is 10.1. The molecule has 0 radical (unpaired) electrons. The van der Waals surface area contributed by atoms with Gasteiger partial charge < -0.3 is 5.32 Å². The minimum atomic E-state index is -0.359. The number of thioether (sulfide) groups is 1. The number of halogens is 1. The summed E-state index contributed by atoms with van der Waals surface area (Å²) in [5.41, 5.74) is 1.08. The molecule has 0 spiro atoms. The monoisotopic (exact) mass is 330 g/mol. The van der Waals surface area contributed by atoms with E-state index in [4.69, 9.17) is 0 Å². The summed E-state index contributed by atoms with van der Waals surface area (Å²) in [5.74, 6) is 3.23. The van der Waals surface area contributed by atoms with E-state index in [0.717, 1.165) is 22.5 Å². The average Bonchev–Trinajstić information content (AvgIpc) is 2.81. The highest BCUT2D eigenvalue weighted by molar-refractivity contribution is 9.10. The van der Waals surface area contributed by atoms with Gasteiger partial charge in [-0.05, 0) is 42.0 Å². The molecule has 1 aliphatic heterocycles. The van der Waals surface area contributed by atoms with Gasteiger partial charge in [0.05, 0.1) is 4.92 Å². The van der Waals surface area contributed by atoms with Crippen LogP contribution in [0.4, 0.5) is 5.69 Å². The smallest absolute Gasteiger partial charge is 0.270 e. The Labute approximate surface area is 119 Å². The highest BCUT2D eigenvalue weighted by Crippen LogP contribution is 2.23. The fraction of sp³-hybridized carbons (Fsp3) is 0.500. The Morgan fingerprint density at radius 2 is 2.33 bits per heavy atom. The van der Waals surface area contributed by atoms with E-state index in [1.807, 2.05) is 17.8 Å². The maximum atomic E-state index is 10.7. The largest absolute Gasteiger partial charge is 0.312 e. The van der Waals surface area contributed by atoms with E-state index in [9.17, 15) is 10.1 Å². The van der Waals surface area contributed by atoms with Crippen molar-refractivity contribution in [3.63, 3.8) is 0 Å². The summed E-state index contributed by atoms with van der Waals surface area (Å²) < 4.78 is 0.755. The zero-order valence-electron chi connectivity index (χ0n) is 9.89. The highest BCUT2D eigenvalue weighted by atomic mass is 79.9. The number of rotatable bonds is 5. The number of hydrogen-bond acceptors (Lipinski definition) is 4. The van der Waals surface area contributed by atoms with Crippen molar-refractivity contribution in [2.75, 3.05) is 18.1 Å². The van der Waals surface area contributed by atoms with Crippen LogP contribution in [0.1, 0.15) is 12.0 Å². The second kappa shape index (κ2) is 6.54. The molecule has 1 saturated heterocycles. The first-order valence-electron chi connectivity index (χ1n) is 5.87. The van der Waals surface area contributed by atoms with Crippen LogP contribution < -0.4 is 5.32 Å². The Bertz CT molecular complexity index is 436. The number of hydrogen-bond donors (Lipinski definition) is 1. The number of non-ortho nitro benzene ring substituents is 1. The fourth-order valence-corrected chi connectivity index (χ4v) is 3.82. The number of nitrogens with one attached hydrogen (secondary N) is 1. The fourth-order valence-electron chi connectivity index (χ4n) is 2.01. The van der Waals surface area contributed by atoms with Gasteiger partial charge in [0.2, 0.25) is 0 Å². The van der Waals surface area contributed by atoms with Crippen LogP contribution in [0, 0.1) is 16.0 Å². The van der Waals surface area contributed by atoms with Crippen LogP contribution in [-0.2, 0) is 6.54 Å². The molecule has 0 aliphatic carbocycles. The molecule has 1 aromatic rings. The molecule has 0 saturated carbocycles. The summed E-state index contributed by atoms with van der Waals surface area (Å²) in [6.45, 7) is 1.68. The third-order valence-electron chi connectivity index (χ3n) is 2.94. The van der Waals surface area contributed by atoms with Crippen molar-refractivity contribution in [2.24, 2.45) is 5.92 Å². The van der Waals surface area contributed by atoms with Crippen molar-refractivity contribution >= 4 is 33.4 Å². The van der Waals surface area contributed by atoms with E-state index in [2.05, 4.69) is 21.2 Å². The van der Waals surface area contributed by atoms with E-state index >= 15 is 0 Å². The zero-order valence-corrected chi connectivity index (χ0v) is 12.3. The predicted molar refractivity (Wildman–Crippen MR) is 77.9 cm³/mol. The van der Waals surface area contributed by atoms with Crippen LogP contribution in [-0.4, -0.2) is 23.0 Å². The molecule has 2 rings (SSSR count). The quantitative estimate of drug-likeness (QED) is 0.665. The first-order chi connectivity index (χ1) is 8.65. The van der Waals surface area contributed by atoms with Gasteiger partial charge in [0.15, 0.2) is 0 Å². The van der Waals surface area contributed by atoms with Gasteiger partial charge in [0, 0.05) is 23.2 Å². The molecule has 1 N–H and O–H groups in total. The van der Waals surface area contributed by atoms with Crippen LogP contribution in [0.5, 0.6) is 0 Å². The van der Waals surface area contributed by atoms with Gasteiger partial charge in [0.1, 0.15) is 0 Å². The third kappa shape index (κ3) is 3.96. The Morgan fingerprint density at radius 3 is 3.00 bits per heavy atom. The number of nitro benzene ring substituents is 1. The predicted octanol–water partition coefficient (Wildman–Crippen LogP) is 3.20. The van der Waals surface area contributed by atoms with Gasteiger partial charge in [-0.2, -0.15) is 11.8 Å². The molecule has 1 unspecified atom stereocenters. The SMILES string of the molecule is O=[N+]([O-])c1cc(Br)cc(CNCC2CCSC2)c1. The molecular weight excluding hydrogens is 316 g/mol. The van der Waals surface area contributed by atoms with Crippen LogP contribution in [0.25, 0.3) is 0 Å². The minimum absolute atomic E-state index is 0.137. The average molecular weight is 331 g/mol. The first-order valence-corrected chi connectivity index (χ1v) is 7.82. The molecule has 1 heterocycles. The van der Waals surface area contributed by atoms with Crippen LogP contribution >= 0.6 is 27.7 Å². The van der Waals surface area contributed by atoms with E-state index < -0.39 is 0 Å². The lowest BCUT2D eigenvalue weighted by molar-refractivity contribution is -0.385. The maximum Gasteiger partial charge on any atom is 0.270 e. The standard InChI is InChI=1S/C12H15BrN2O2S/c13-11-3-10(4-12(5-11)15(16)17)7-14-6-9-1-2-18-8-9/h3-5,9,14H,1-2,6-8H2. The molecule has 1 aliphatic rings. The first kappa shape index (κ1) is 13.8. The van der Waals surface area contributed by atoms with Crippen LogP contribution in [0.15, 0.2) is 22.7 Å². The van der Waals surface area contributed by atoms with Gasteiger partial charge in [-0.15, -0.1) is 0 Å². The molecule has 18 heavy (non-hydrogen) atoms. The normalized spacial score (nSPS) is 19.1. The van der Waals surface area contributed by atoms with E-state index in [1.165, 1.54) is 24.0 Å². The van der Waals surface area contributed by atoms with E-state index in [-0.39, 0.29) is 10.6 Å². The molecule has 1 atom stereocenters. The van der Waals surface area contributed by atoms with Crippen molar-refractivity contribution in [2.45, 2.75) is 13.0 Å². The van der Waals surface area contributed by atoms with Crippen LogP contribution in [0.3, 0.4) is 0 Å². The molecule has 0 amide bonds. The maximum absolute atomic E-state index is 10.7. The Kier molecular flexibility index (Phi) is 5.03. The summed E-state index contributed by atoms with van der Waals surface area (Å²) in [6.07, 6.45) is 1.27. The summed E-state index contributed by atoms with van der Waals surface area (Å²) in [7, 11) is 0. The molecule has 0 bridgehead atoms. The van der Waals surface area contributed by atoms with Crippen LogP contribution in [0.2, 0.25) is 0 Å². The molecule has 0 aromatic heterocycles. The molecule has 1 fully saturated rings. The van der Waals surface area contributed by atoms with Gasteiger partial charge in [0.25, 0.3) is 5.69 Å². The van der Waals surface area contributed by atoms with Crippen molar-refractivity contribution < 1.29 is 4.92 Å². The zero-order chi connectivity index (χ0) is 13.0. The summed E-state index contributed by atoms with van der Waals surface area (Å²) in [6, 6.07) is 5.07.